The van der Waals surface area contributed by atoms with Crippen LogP contribution in [-0.2, 0) is 47.9 Å². The van der Waals surface area contributed by atoms with Gasteiger partial charge in [0.05, 0.1) is 19.2 Å². The summed E-state index contributed by atoms with van der Waals surface area (Å²) in [7, 11) is 0. The molecule has 1 saturated heterocycles. The predicted molar refractivity (Wildman–Crippen MR) is 318 cm³/mol. The molecular formula is C55H101N15O11S. The highest BCUT2D eigenvalue weighted by atomic mass is 32.1. The maximum Gasteiger partial charge on any atom is 0.243 e. The van der Waals surface area contributed by atoms with E-state index in [-0.39, 0.29) is 102 Å². The summed E-state index contributed by atoms with van der Waals surface area (Å²) in [5, 5.41) is 41.0. The third-order valence-electron chi connectivity index (χ3n) is 13.6. The number of thiocarbonyl (C=S) groups is 1. The van der Waals surface area contributed by atoms with Gasteiger partial charge >= 0.3 is 0 Å². The van der Waals surface area contributed by atoms with E-state index in [2.05, 4.69) is 70.4 Å². The fourth-order valence-electron chi connectivity index (χ4n) is 8.86. The molecule has 1 aliphatic heterocycles. The quantitative estimate of drug-likeness (QED) is 0.0249. The first-order valence-electron chi connectivity index (χ1n) is 29.8. The first kappa shape index (κ1) is 73.6. The summed E-state index contributed by atoms with van der Waals surface area (Å²) in [6.07, 6.45) is 15.9. The number of unbranched alkanes of at least 4 members (excludes halogenated alkanes) is 10. The number of aliphatic hydroxyl groups is 1. The van der Waals surface area contributed by atoms with Crippen LogP contribution in [0.2, 0.25) is 0 Å². The molecule has 0 aliphatic carbocycles. The Morgan fingerprint density at radius 3 is 1.61 bits per heavy atom. The van der Waals surface area contributed by atoms with Crippen molar-refractivity contribution in [2.45, 2.75) is 230 Å². The first-order chi connectivity index (χ1) is 39.2. The molecule has 10 amide bonds. The molecule has 3 unspecified atom stereocenters. The number of aliphatic imine (C=N–C) groups is 1. The molecule has 0 spiro atoms. The average molecular weight is 1180 g/mol. The van der Waals surface area contributed by atoms with Gasteiger partial charge in [-0.1, -0.05) is 77.6 Å². The number of guanidine groups is 1. The van der Waals surface area contributed by atoms with Gasteiger partial charge in [-0.15, -0.1) is 0 Å². The molecule has 0 bridgehead atoms. The minimum Gasteiger partial charge on any atom is -0.391 e. The molecule has 1 aliphatic rings. The van der Waals surface area contributed by atoms with Crippen molar-refractivity contribution < 1.29 is 53.1 Å². The monoisotopic (exact) mass is 1180 g/mol. The Balaban J connectivity index is 3.44. The molecule has 1 heterocycles. The van der Waals surface area contributed by atoms with E-state index in [1.807, 2.05) is 0 Å². The van der Waals surface area contributed by atoms with Crippen LogP contribution >= 0.6 is 12.2 Å². The minimum absolute atomic E-state index is 0.0205. The Morgan fingerprint density at radius 1 is 0.610 bits per heavy atom. The number of nitrogens with two attached hydrogens (primary N) is 3. The van der Waals surface area contributed by atoms with Crippen molar-refractivity contribution >= 4 is 82.4 Å². The van der Waals surface area contributed by atoms with Gasteiger partial charge in [0.25, 0.3) is 0 Å². The number of nitrogens with one attached hydrogen (secondary N) is 11. The molecule has 27 heteroatoms. The van der Waals surface area contributed by atoms with Gasteiger partial charge in [0.2, 0.25) is 59.1 Å². The summed E-state index contributed by atoms with van der Waals surface area (Å²) >= 11 is 5.51. The molecule has 1 fully saturated rings. The summed E-state index contributed by atoms with van der Waals surface area (Å²) in [6.45, 7) is 5.76. The van der Waals surface area contributed by atoms with Crippen molar-refractivity contribution in [1.82, 2.24) is 58.5 Å². The standard InChI is InChI=1S/C55H101N15O11S/c1-4-5-6-7-8-9-10-11-14-20-33-62-55(82)63-34-23-19-26-41-51(79)68-42(53(81)70-48(38(2)71)49(56)77)27-18-22-32-60-47(76)37-65-45(74)30-16-13-12-15-29-44(73)64-36-46(75)59-31-21-17-25-40(66-39(3)72)50(78)69-43(52(80)67-41)28-24-35-61-54(57)58/h38,40-43,48,71H,4-37H2,1-3H3,(H2,56,77)(H,59,75)(H,60,76)(H,64,73)(H,65,74)(H,66,72)(H,67,80)(H,68,79)(H,69,78)(H,70,81)(H4,57,58,61)(H2,62,63,82)/t38-,40?,41?,42?,43+,48+/m1/s1. The maximum absolute atomic E-state index is 14.5. The largest absolute Gasteiger partial charge is 0.391 e. The summed E-state index contributed by atoms with van der Waals surface area (Å²) in [5.74, 6) is -6.37. The lowest BCUT2D eigenvalue weighted by atomic mass is 10.0. The van der Waals surface area contributed by atoms with Crippen LogP contribution in [0.4, 0.5) is 0 Å². The van der Waals surface area contributed by atoms with Gasteiger partial charge in [-0.2, -0.15) is 0 Å². The van der Waals surface area contributed by atoms with E-state index in [1.54, 1.807) is 0 Å². The number of carbonyl (C=O) groups excluding carboxylic acids is 10. The van der Waals surface area contributed by atoms with Gasteiger partial charge in [0, 0.05) is 52.5 Å². The van der Waals surface area contributed by atoms with Gasteiger partial charge in [0.1, 0.15) is 30.2 Å². The zero-order valence-electron chi connectivity index (χ0n) is 49.1. The zero-order valence-corrected chi connectivity index (χ0v) is 49.9. The lowest BCUT2D eigenvalue weighted by Crippen LogP contribution is -2.59. The number of hydrogen-bond donors (Lipinski definition) is 15. The van der Waals surface area contributed by atoms with Crippen LogP contribution in [0.25, 0.3) is 0 Å². The summed E-state index contributed by atoms with van der Waals surface area (Å²) < 4.78 is 0. The molecule has 1 rings (SSSR count). The number of primary amides is 1. The lowest BCUT2D eigenvalue weighted by Gasteiger charge is -2.27. The molecular weight excluding hydrogens is 1080 g/mol. The van der Waals surface area contributed by atoms with Gasteiger partial charge in [-0.3, -0.25) is 52.9 Å². The summed E-state index contributed by atoms with van der Waals surface area (Å²) in [5.41, 5.74) is 16.6. The van der Waals surface area contributed by atoms with E-state index in [1.165, 1.54) is 65.2 Å². The molecule has 26 nitrogen and oxygen atoms in total. The van der Waals surface area contributed by atoms with Crippen molar-refractivity contribution in [3.05, 3.63) is 0 Å². The number of aliphatic hydroxyl groups excluding tert-OH is 1. The van der Waals surface area contributed by atoms with Gasteiger partial charge in [-0.25, -0.2) is 0 Å². The Morgan fingerprint density at radius 2 is 1.10 bits per heavy atom. The molecule has 0 radical (unpaired) electrons. The normalized spacial score (nSPS) is 20.4. The van der Waals surface area contributed by atoms with E-state index in [0.717, 1.165) is 19.4 Å². The number of carbonyl (C=O) groups is 10. The van der Waals surface area contributed by atoms with Crippen molar-refractivity contribution in [2.24, 2.45) is 22.2 Å². The van der Waals surface area contributed by atoms with Crippen LogP contribution in [0.3, 0.4) is 0 Å². The molecule has 18 N–H and O–H groups in total. The van der Waals surface area contributed by atoms with E-state index in [0.29, 0.717) is 69.4 Å². The molecule has 468 valence electrons. The van der Waals surface area contributed by atoms with Crippen LogP contribution in [0, 0.1) is 0 Å². The predicted octanol–water partition coefficient (Wildman–Crippen LogP) is 0.0649. The highest BCUT2D eigenvalue weighted by molar-refractivity contribution is 7.80. The van der Waals surface area contributed by atoms with E-state index < -0.39 is 83.6 Å². The molecule has 0 aromatic heterocycles. The maximum atomic E-state index is 14.5. The van der Waals surface area contributed by atoms with Gasteiger partial charge in [0.15, 0.2) is 11.1 Å². The van der Waals surface area contributed by atoms with E-state index >= 15 is 0 Å². The smallest absolute Gasteiger partial charge is 0.243 e. The molecule has 82 heavy (non-hydrogen) atoms. The number of rotatable bonds is 25. The van der Waals surface area contributed by atoms with Crippen molar-refractivity contribution in [1.29, 1.82) is 0 Å². The van der Waals surface area contributed by atoms with Crippen LogP contribution in [-0.4, -0.2) is 157 Å². The molecule has 0 aromatic rings. The summed E-state index contributed by atoms with van der Waals surface area (Å²) in [6, 6.07) is -6.58. The van der Waals surface area contributed by atoms with Crippen LogP contribution in [0.15, 0.2) is 4.99 Å². The summed E-state index contributed by atoms with van der Waals surface area (Å²) in [4.78, 5) is 135. The van der Waals surface area contributed by atoms with E-state index in [4.69, 9.17) is 29.4 Å². The second-order valence-corrected chi connectivity index (χ2v) is 21.4. The van der Waals surface area contributed by atoms with Crippen molar-refractivity contribution in [3.8, 4) is 0 Å². The van der Waals surface area contributed by atoms with E-state index in [9.17, 15) is 53.1 Å². The minimum atomic E-state index is -1.52. The third-order valence-corrected chi connectivity index (χ3v) is 13.9. The topological polar surface area (TPSA) is 414 Å². The van der Waals surface area contributed by atoms with Gasteiger partial charge in [-0.05, 0) is 109 Å². The highest BCUT2D eigenvalue weighted by Crippen LogP contribution is 2.12. The number of nitrogens with zero attached hydrogens (tertiary/aromatic N) is 1. The Bertz CT molecular complexity index is 2000. The van der Waals surface area contributed by atoms with Gasteiger partial charge < -0.3 is 80.8 Å². The van der Waals surface area contributed by atoms with Crippen molar-refractivity contribution in [3.63, 3.8) is 0 Å². The molecule has 0 saturated carbocycles. The average Bonchev–Trinajstić information content (AvgIpc) is 3.43. The number of hydrogen-bond acceptors (Lipinski definition) is 13. The SMILES string of the molecule is CCCCCCCCCCCCNC(=S)NCCCCC1NC(=O)[C@H](CCCN=C(N)N)NC(=O)C(NC(C)=O)CCCCNC(=O)CNC(=O)CCCCCCC(=O)NCC(=O)NCCCCC(C(=O)N[C@H](C(N)=O)[C@@H](C)O)NC1=O. The van der Waals surface area contributed by atoms with Crippen LogP contribution in [0.1, 0.15) is 194 Å². The van der Waals surface area contributed by atoms with Crippen LogP contribution < -0.4 is 75.7 Å². The number of amides is 10. The second kappa shape index (κ2) is 46.1. The third kappa shape index (κ3) is 38.3. The lowest BCUT2D eigenvalue weighted by molar-refractivity contribution is -0.135. The second-order valence-electron chi connectivity index (χ2n) is 21.0. The molecule has 0 aromatic carbocycles. The first-order valence-corrected chi connectivity index (χ1v) is 30.2. The van der Waals surface area contributed by atoms with Crippen LogP contribution in [0.5, 0.6) is 0 Å². The Labute approximate surface area is 490 Å². The zero-order chi connectivity index (χ0) is 60.9. The molecule has 6 atom stereocenters. The fourth-order valence-corrected chi connectivity index (χ4v) is 9.07. The Kier molecular flexibility index (Phi) is 41.4. The Hall–Kier alpha value is -6.38. The van der Waals surface area contributed by atoms with Crippen molar-refractivity contribution in [2.75, 3.05) is 45.8 Å². The highest BCUT2D eigenvalue weighted by Gasteiger charge is 2.33. The fraction of sp³-hybridized carbons (Fsp3) is 0.782.